The average Bonchev–Trinajstić information content (AvgIpc) is 3.18. The topological polar surface area (TPSA) is 56.8 Å². The minimum atomic E-state index is -0.715. The molecule has 2 aliphatic rings. The van der Waals surface area contributed by atoms with Crippen molar-refractivity contribution in [3.8, 4) is 5.75 Å². The molecule has 4 rings (SSSR count). The number of hydrogen-bond donors (Lipinski definition) is 1. The van der Waals surface area contributed by atoms with Gasteiger partial charge in [-0.25, -0.2) is 0 Å². The van der Waals surface area contributed by atoms with E-state index in [2.05, 4.69) is 11.9 Å². The van der Waals surface area contributed by atoms with Gasteiger partial charge in [0.2, 0.25) is 5.91 Å². The van der Waals surface area contributed by atoms with Gasteiger partial charge in [0.25, 0.3) is 0 Å². The fraction of sp³-hybridized carbons (Fsp3) is 0.435. The molecular weight excluding hydrogens is 354 g/mol. The molecule has 5 heteroatoms. The van der Waals surface area contributed by atoms with E-state index in [1.165, 1.54) is 0 Å². The second-order valence-corrected chi connectivity index (χ2v) is 7.97. The molecule has 2 fully saturated rings. The number of fused-ring (bicyclic) bond motifs is 1. The first-order valence-corrected chi connectivity index (χ1v) is 9.90. The van der Waals surface area contributed by atoms with Crippen LogP contribution in [0.1, 0.15) is 32.6 Å². The predicted molar refractivity (Wildman–Crippen MR) is 109 cm³/mol. The number of carbonyl (C=O) groups excluding carboxylic acids is 1. The highest BCUT2D eigenvalue weighted by Crippen LogP contribution is 2.41. The van der Waals surface area contributed by atoms with E-state index in [9.17, 15) is 4.79 Å². The van der Waals surface area contributed by atoms with Crippen molar-refractivity contribution >= 4 is 22.4 Å². The molecule has 1 aliphatic carbocycles. The molecule has 148 valence electrons. The van der Waals surface area contributed by atoms with Crippen LogP contribution in [-0.2, 0) is 14.3 Å². The van der Waals surface area contributed by atoms with E-state index in [4.69, 9.17) is 14.2 Å². The maximum Gasteiger partial charge on any atom is 0.235 e. The minimum Gasteiger partial charge on any atom is -0.489 e. The third kappa shape index (κ3) is 3.52. The highest BCUT2D eigenvalue weighted by atomic mass is 16.7. The summed E-state index contributed by atoms with van der Waals surface area (Å²) in [6.07, 6.45) is 5.79. The van der Waals surface area contributed by atoms with Crippen LogP contribution in [0.5, 0.6) is 5.75 Å². The lowest BCUT2D eigenvalue weighted by Crippen LogP contribution is -2.52. The van der Waals surface area contributed by atoms with Gasteiger partial charge in [0.05, 0.1) is 18.6 Å². The number of carbonyl (C=O) groups is 1. The molecule has 1 saturated heterocycles. The van der Waals surface area contributed by atoms with Crippen molar-refractivity contribution < 1.29 is 19.0 Å². The first-order valence-electron chi connectivity index (χ1n) is 9.90. The lowest BCUT2D eigenvalue weighted by Gasteiger charge is -2.42. The molecule has 0 aromatic heterocycles. The normalized spacial score (nSPS) is 20.2. The monoisotopic (exact) mass is 381 g/mol. The SMILES string of the molecule is C=CCOc1ccc(NC(=O)C2(C)COC3(CCCC3)OC2)c2ccccc12. The Morgan fingerprint density at radius 2 is 1.82 bits per heavy atom. The Morgan fingerprint density at radius 1 is 1.14 bits per heavy atom. The number of nitrogens with one attached hydrogen (secondary N) is 1. The molecular formula is C23H27NO4. The molecule has 0 bridgehead atoms. The maximum atomic E-state index is 13.1. The molecule has 1 N–H and O–H groups in total. The summed E-state index contributed by atoms with van der Waals surface area (Å²) >= 11 is 0. The number of ether oxygens (including phenoxy) is 3. The van der Waals surface area contributed by atoms with Crippen LogP contribution in [0.3, 0.4) is 0 Å². The van der Waals surface area contributed by atoms with Crippen LogP contribution < -0.4 is 10.1 Å². The Kier molecular flexibility index (Phi) is 5.13. The van der Waals surface area contributed by atoms with E-state index in [1.807, 2.05) is 43.3 Å². The number of amides is 1. The first-order chi connectivity index (χ1) is 13.6. The van der Waals surface area contributed by atoms with Gasteiger partial charge in [-0.15, -0.1) is 0 Å². The van der Waals surface area contributed by atoms with E-state index >= 15 is 0 Å². The van der Waals surface area contributed by atoms with Gasteiger partial charge >= 0.3 is 0 Å². The average molecular weight is 381 g/mol. The quantitative estimate of drug-likeness (QED) is 0.765. The molecule has 0 atom stereocenters. The summed E-state index contributed by atoms with van der Waals surface area (Å²) in [7, 11) is 0. The molecule has 1 spiro atoms. The van der Waals surface area contributed by atoms with Gasteiger partial charge in [-0.05, 0) is 31.9 Å². The Labute approximate surface area is 165 Å². The van der Waals surface area contributed by atoms with Gasteiger partial charge in [-0.3, -0.25) is 4.79 Å². The summed E-state index contributed by atoms with van der Waals surface area (Å²) < 4.78 is 17.8. The van der Waals surface area contributed by atoms with Crippen molar-refractivity contribution in [2.45, 2.75) is 38.4 Å². The summed E-state index contributed by atoms with van der Waals surface area (Å²) in [5.41, 5.74) is 0.0429. The fourth-order valence-electron chi connectivity index (χ4n) is 3.93. The molecule has 28 heavy (non-hydrogen) atoms. The number of rotatable bonds is 5. The van der Waals surface area contributed by atoms with Gasteiger partial charge < -0.3 is 19.5 Å². The fourth-order valence-corrected chi connectivity index (χ4v) is 3.93. The second kappa shape index (κ2) is 7.57. The van der Waals surface area contributed by atoms with Crippen molar-refractivity contribution in [3.63, 3.8) is 0 Å². The van der Waals surface area contributed by atoms with E-state index in [1.54, 1.807) is 6.08 Å². The lowest BCUT2D eigenvalue weighted by molar-refractivity contribution is -0.291. The Morgan fingerprint density at radius 3 is 2.50 bits per heavy atom. The zero-order chi connectivity index (χ0) is 19.6. The van der Waals surface area contributed by atoms with E-state index in [0.29, 0.717) is 19.8 Å². The van der Waals surface area contributed by atoms with Crippen molar-refractivity contribution in [1.82, 2.24) is 0 Å². The molecule has 2 aromatic rings. The molecule has 1 heterocycles. The molecule has 1 aliphatic heterocycles. The van der Waals surface area contributed by atoms with E-state index in [-0.39, 0.29) is 5.91 Å². The standard InChI is InChI=1S/C23H27NO4/c1-3-14-26-20-11-10-19(17-8-4-5-9-18(17)20)24-21(25)22(2)15-27-23(28-16-22)12-6-7-13-23/h3-5,8-11H,1,6-7,12-16H2,2H3,(H,24,25). The number of hydrogen-bond acceptors (Lipinski definition) is 4. The van der Waals surface area contributed by atoms with Crippen molar-refractivity contribution in [2.24, 2.45) is 5.41 Å². The first kappa shape index (κ1) is 19.0. The smallest absolute Gasteiger partial charge is 0.235 e. The second-order valence-electron chi connectivity index (χ2n) is 7.97. The maximum absolute atomic E-state index is 13.1. The molecule has 0 unspecified atom stereocenters. The molecule has 2 aromatic carbocycles. The van der Waals surface area contributed by atoms with E-state index in [0.717, 1.165) is 47.9 Å². The Hall–Kier alpha value is -2.37. The third-order valence-corrected chi connectivity index (χ3v) is 5.71. The highest BCUT2D eigenvalue weighted by molar-refractivity contribution is 6.05. The number of benzene rings is 2. The van der Waals surface area contributed by atoms with Gasteiger partial charge in [-0.1, -0.05) is 36.9 Å². The van der Waals surface area contributed by atoms with Crippen LogP contribution in [0.2, 0.25) is 0 Å². The summed E-state index contributed by atoms with van der Waals surface area (Å²) in [5, 5.41) is 4.97. The van der Waals surface area contributed by atoms with Crippen molar-refractivity contribution in [3.05, 3.63) is 49.1 Å². The summed E-state index contributed by atoms with van der Waals surface area (Å²) in [6, 6.07) is 11.6. The summed E-state index contributed by atoms with van der Waals surface area (Å²) in [4.78, 5) is 13.1. The van der Waals surface area contributed by atoms with Gasteiger partial charge in [0.1, 0.15) is 12.4 Å². The van der Waals surface area contributed by atoms with Crippen LogP contribution in [-0.4, -0.2) is 31.5 Å². The van der Waals surface area contributed by atoms with Crippen LogP contribution in [0.25, 0.3) is 10.8 Å². The molecule has 1 saturated carbocycles. The Bertz CT molecular complexity index is 875. The van der Waals surface area contributed by atoms with Crippen molar-refractivity contribution in [1.29, 1.82) is 0 Å². The summed E-state index contributed by atoms with van der Waals surface area (Å²) in [5.74, 6) is 0.217. The zero-order valence-electron chi connectivity index (χ0n) is 16.3. The Balaban J connectivity index is 1.53. The third-order valence-electron chi connectivity index (χ3n) is 5.71. The van der Waals surface area contributed by atoms with E-state index < -0.39 is 11.2 Å². The molecule has 1 amide bonds. The predicted octanol–water partition coefficient (Wildman–Crippen LogP) is 4.67. The summed E-state index contributed by atoms with van der Waals surface area (Å²) in [6.45, 7) is 6.77. The lowest BCUT2D eigenvalue weighted by atomic mass is 9.89. The zero-order valence-corrected chi connectivity index (χ0v) is 16.3. The minimum absolute atomic E-state index is 0.0924. The van der Waals surface area contributed by atoms with Crippen molar-refractivity contribution in [2.75, 3.05) is 25.1 Å². The molecule has 0 radical (unpaired) electrons. The van der Waals surface area contributed by atoms with Crippen LogP contribution >= 0.6 is 0 Å². The largest absolute Gasteiger partial charge is 0.489 e. The molecule has 5 nitrogen and oxygen atoms in total. The van der Waals surface area contributed by atoms with Crippen LogP contribution in [0.4, 0.5) is 5.69 Å². The van der Waals surface area contributed by atoms with Gasteiger partial charge in [-0.2, -0.15) is 0 Å². The number of anilines is 1. The van der Waals surface area contributed by atoms with Crippen LogP contribution in [0, 0.1) is 5.41 Å². The highest BCUT2D eigenvalue weighted by Gasteiger charge is 2.47. The van der Waals surface area contributed by atoms with Gasteiger partial charge in [0, 0.05) is 29.3 Å². The van der Waals surface area contributed by atoms with Gasteiger partial charge in [0.15, 0.2) is 5.79 Å². The van der Waals surface area contributed by atoms with Crippen LogP contribution in [0.15, 0.2) is 49.1 Å².